The smallest absolute Gasteiger partial charge is 0.251 e. The molecule has 1 amide bonds. The van der Waals surface area contributed by atoms with Gasteiger partial charge in [-0.05, 0) is 48.7 Å². The summed E-state index contributed by atoms with van der Waals surface area (Å²) >= 11 is 0. The van der Waals surface area contributed by atoms with Gasteiger partial charge in [-0.3, -0.25) is 4.79 Å². The van der Waals surface area contributed by atoms with Crippen LogP contribution in [0.3, 0.4) is 0 Å². The normalized spacial score (nSPS) is 11.1. The molecule has 2 aromatic rings. The highest BCUT2D eigenvalue weighted by molar-refractivity contribution is 5.94. The first-order chi connectivity index (χ1) is 12.6. The zero-order valence-electron chi connectivity index (χ0n) is 15.2. The Morgan fingerprint density at radius 2 is 1.85 bits per heavy atom. The Bertz CT molecular complexity index is 761. The number of aliphatic imine (C=N–C) groups is 1. The van der Waals surface area contributed by atoms with E-state index in [1.165, 1.54) is 12.1 Å². The molecule has 138 valence electrons. The molecule has 0 saturated carbocycles. The van der Waals surface area contributed by atoms with Gasteiger partial charge < -0.3 is 16.0 Å². The van der Waals surface area contributed by atoms with E-state index in [1.54, 1.807) is 19.2 Å². The number of benzene rings is 2. The minimum absolute atomic E-state index is 0.0928. The highest BCUT2D eigenvalue weighted by atomic mass is 19.1. The molecule has 26 heavy (non-hydrogen) atoms. The van der Waals surface area contributed by atoms with Gasteiger partial charge >= 0.3 is 0 Å². The molecule has 5 nitrogen and oxygen atoms in total. The maximum absolute atomic E-state index is 13.2. The summed E-state index contributed by atoms with van der Waals surface area (Å²) < 4.78 is 13.2. The summed E-state index contributed by atoms with van der Waals surface area (Å²) in [7, 11) is 1.62. The van der Waals surface area contributed by atoms with Crippen LogP contribution in [0.1, 0.15) is 28.4 Å². The molecule has 0 aliphatic rings. The van der Waals surface area contributed by atoms with Crippen LogP contribution in [0.25, 0.3) is 0 Å². The first-order valence-corrected chi connectivity index (χ1v) is 8.70. The minimum atomic E-state index is -0.258. The van der Waals surface area contributed by atoms with E-state index in [0.717, 1.165) is 24.1 Å². The number of nitrogens with zero attached hydrogens (tertiary/aromatic N) is 1. The zero-order chi connectivity index (χ0) is 18.8. The van der Waals surface area contributed by atoms with Crippen molar-refractivity contribution in [3.05, 3.63) is 71.0 Å². The molecule has 0 bridgehead atoms. The first-order valence-electron chi connectivity index (χ1n) is 8.70. The number of nitrogens with one attached hydrogen (secondary N) is 3. The first kappa shape index (κ1) is 19.4. The second kappa shape index (κ2) is 10.2. The molecule has 0 saturated heterocycles. The number of carbonyl (C=O) groups is 1. The van der Waals surface area contributed by atoms with Gasteiger partial charge in [0.25, 0.3) is 5.91 Å². The number of halogens is 1. The molecule has 2 aromatic carbocycles. The van der Waals surface area contributed by atoms with Crippen LogP contribution in [-0.4, -0.2) is 32.0 Å². The van der Waals surface area contributed by atoms with Gasteiger partial charge in [0.1, 0.15) is 5.82 Å². The molecule has 0 aromatic heterocycles. The lowest BCUT2D eigenvalue weighted by molar-refractivity contribution is 0.0963. The molecule has 0 aliphatic heterocycles. The lowest BCUT2D eigenvalue weighted by Crippen LogP contribution is -2.38. The highest BCUT2D eigenvalue weighted by Crippen LogP contribution is 2.06. The predicted octanol–water partition coefficient (Wildman–Crippen LogP) is 2.48. The van der Waals surface area contributed by atoms with Crippen molar-refractivity contribution in [1.82, 2.24) is 16.0 Å². The quantitative estimate of drug-likeness (QED) is 0.527. The molecule has 0 spiro atoms. The van der Waals surface area contributed by atoms with Crippen molar-refractivity contribution in [2.75, 3.05) is 20.1 Å². The van der Waals surface area contributed by atoms with Gasteiger partial charge in [0.2, 0.25) is 0 Å². The Labute approximate surface area is 153 Å². The maximum Gasteiger partial charge on any atom is 0.251 e. The van der Waals surface area contributed by atoms with E-state index in [9.17, 15) is 9.18 Å². The Balaban J connectivity index is 1.92. The van der Waals surface area contributed by atoms with E-state index in [1.807, 2.05) is 31.2 Å². The van der Waals surface area contributed by atoms with Crippen molar-refractivity contribution in [2.45, 2.75) is 19.9 Å². The Morgan fingerprint density at radius 1 is 1.08 bits per heavy atom. The Kier molecular flexibility index (Phi) is 7.61. The average molecular weight is 356 g/mol. The highest BCUT2D eigenvalue weighted by Gasteiger charge is 2.04. The molecule has 0 heterocycles. The third-order valence-electron chi connectivity index (χ3n) is 3.78. The summed E-state index contributed by atoms with van der Waals surface area (Å²) in [4.78, 5) is 16.2. The number of guanidine groups is 1. The van der Waals surface area contributed by atoms with Crippen LogP contribution in [0.15, 0.2) is 53.5 Å². The number of hydrogen-bond acceptors (Lipinski definition) is 2. The van der Waals surface area contributed by atoms with Gasteiger partial charge in [0, 0.05) is 25.7 Å². The van der Waals surface area contributed by atoms with Crippen molar-refractivity contribution in [2.24, 2.45) is 4.99 Å². The Hall–Kier alpha value is -2.89. The van der Waals surface area contributed by atoms with Gasteiger partial charge in [0.05, 0.1) is 6.54 Å². The lowest BCUT2D eigenvalue weighted by Gasteiger charge is -2.12. The van der Waals surface area contributed by atoms with Crippen LogP contribution in [0.2, 0.25) is 0 Å². The maximum atomic E-state index is 13.2. The van der Waals surface area contributed by atoms with Crippen LogP contribution in [0, 0.1) is 5.82 Å². The molecule has 0 radical (unpaired) electrons. The summed E-state index contributed by atoms with van der Waals surface area (Å²) in [6, 6.07) is 14.0. The number of carbonyl (C=O) groups excluding carboxylic acids is 1. The largest absolute Gasteiger partial charge is 0.357 e. The van der Waals surface area contributed by atoms with Crippen molar-refractivity contribution in [1.29, 1.82) is 0 Å². The van der Waals surface area contributed by atoms with Gasteiger partial charge in [-0.2, -0.15) is 0 Å². The van der Waals surface area contributed by atoms with E-state index >= 15 is 0 Å². The molecular weight excluding hydrogens is 331 g/mol. The second-order valence-electron chi connectivity index (χ2n) is 5.78. The van der Waals surface area contributed by atoms with E-state index in [0.29, 0.717) is 24.6 Å². The summed E-state index contributed by atoms with van der Waals surface area (Å²) in [6.45, 7) is 3.80. The molecule has 2 rings (SSSR count). The number of hydrogen-bond donors (Lipinski definition) is 3. The topological polar surface area (TPSA) is 65.5 Å². The molecule has 0 aliphatic carbocycles. The fraction of sp³-hybridized carbons (Fsp3) is 0.300. The summed E-state index contributed by atoms with van der Waals surface area (Å²) in [5, 5.41) is 9.06. The fourth-order valence-electron chi connectivity index (χ4n) is 2.49. The second-order valence-corrected chi connectivity index (χ2v) is 5.78. The van der Waals surface area contributed by atoms with E-state index in [2.05, 4.69) is 20.9 Å². The van der Waals surface area contributed by atoms with Crippen molar-refractivity contribution in [3.63, 3.8) is 0 Å². The molecule has 3 N–H and O–H groups in total. The molecule has 0 fully saturated rings. The van der Waals surface area contributed by atoms with Crippen LogP contribution >= 0.6 is 0 Å². The van der Waals surface area contributed by atoms with Crippen molar-refractivity contribution >= 4 is 11.9 Å². The molecular formula is C20H25FN4O. The third-order valence-corrected chi connectivity index (χ3v) is 3.78. The molecule has 6 heteroatoms. The predicted molar refractivity (Wildman–Crippen MR) is 103 cm³/mol. The standard InChI is InChI=1S/C20H25FN4O/c1-3-23-20(25-14-16-7-5-9-18(21)13-16)24-11-10-15-6-4-8-17(12-15)19(26)22-2/h4-9,12-13H,3,10-11,14H2,1-2H3,(H,22,26)(H2,23,24,25). The minimum Gasteiger partial charge on any atom is -0.357 e. The SMILES string of the molecule is CCNC(=NCc1cccc(F)c1)NCCc1cccc(C(=O)NC)c1. The monoisotopic (exact) mass is 356 g/mol. The van der Waals surface area contributed by atoms with Gasteiger partial charge in [-0.15, -0.1) is 0 Å². The van der Waals surface area contributed by atoms with Crippen LogP contribution < -0.4 is 16.0 Å². The van der Waals surface area contributed by atoms with Gasteiger partial charge in [0.15, 0.2) is 5.96 Å². The molecule has 0 unspecified atom stereocenters. The van der Waals surface area contributed by atoms with E-state index in [-0.39, 0.29) is 11.7 Å². The number of rotatable bonds is 7. The van der Waals surface area contributed by atoms with Crippen LogP contribution in [-0.2, 0) is 13.0 Å². The van der Waals surface area contributed by atoms with E-state index in [4.69, 9.17) is 0 Å². The summed E-state index contributed by atoms with van der Waals surface area (Å²) in [6.07, 6.45) is 0.759. The lowest BCUT2D eigenvalue weighted by atomic mass is 10.1. The average Bonchev–Trinajstić information content (AvgIpc) is 2.66. The Morgan fingerprint density at radius 3 is 2.58 bits per heavy atom. The molecule has 0 atom stereocenters. The van der Waals surface area contributed by atoms with Crippen LogP contribution in [0.4, 0.5) is 4.39 Å². The third kappa shape index (κ3) is 6.20. The fourth-order valence-corrected chi connectivity index (χ4v) is 2.49. The van der Waals surface area contributed by atoms with Crippen LogP contribution in [0.5, 0.6) is 0 Å². The van der Waals surface area contributed by atoms with Crippen molar-refractivity contribution in [3.8, 4) is 0 Å². The summed E-state index contributed by atoms with van der Waals surface area (Å²) in [5.41, 5.74) is 2.54. The van der Waals surface area contributed by atoms with Gasteiger partial charge in [-0.25, -0.2) is 9.38 Å². The van der Waals surface area contributed by atoms with E-state index < -0.39 is 0 Å². The van der Waals surface area contributed by atoms with Gasteiger partial charge in [-0.1, -0.05) is 24.3 Å². The number of amides is 1. The van der Waals surface area contributed by atoms with Crippen molar-refractivity contribution < 1.29 is 9.18 Å². The summed E-state index contributed by atoms with van der Waals surface area (Å²) in [5.74, 6) is 0.329. The zero-order valence-corrected chi connectivity index (χ0v) is 15.2.